The molecule has 0 bridgehead atoms. The van der Waals surface area contributed by atoms with Crippen LogP contribution >= 0.6 is 0 Å². The van der Waals surface area contributed by atoms with E-state index < -0.39 is 32.7 Å². The summed E-state index contributed by atoms with van der Waals surface area (Å²) in [5.74, 6) is 0.116. The third kappa shape index (κ3) is 5.92. The van der Waals surface area contributed by atoms with E-state index in [1.54, 1.807) is 0 Å². The molecule has 42 heavy (non-hydrogen) atoms. The van der Waals surface area contributed by atoms with Gasteiger partial charge in [0.25, 0.3) is 20.1 Å². The third-order valence-corrected chi connectivity index (χ3v) is 12.3. The van der Waals surface area contributed by atoms with E-state index in [1.165, 1.54) is 11.1 Å². The van der Waals surface area contributed by atoms with E-state index in [9.17, 15) is 19.5 Å². The molecule has 2 aliphatic heterocycles. The maximum atomic E-state index is 12.9. The number of fused-ring (bicyclic) bond motifs is 1. The summed E-state index contributed by atoms with van der Waals surface area (Å²) >= 11 is 0. The van der Waals surface area contributed by atoms with Crippen molar-refractivity contribution in [3.63, 3.8) is 0 Å². The smallest absolute Gasteiger partial charge is 0.415 e. The molecular formula is C29H33N5O7Si. The highest BCUT2D eigenvalue weighted by Crippen LogP contribution is 2.38. The van der Waals surface area contributed by atoms with Crippen LogP contribution in [-0.2, 0) is 14.0 Å². The lowest BCUT2D eigenvalue weighted by Gasteiger charge is -2.45. The van der Waals surface area contributed by atoms with Gasteiger partial charge >= 0.3 is 12.2 Å². The standard InChI is InChI=1S/C29H33N5O7Si/c1-29(2,3)42(21-10-6-4-7-11-21,22-12-8-5-9-13-22)41-19(15-31-27(36)37)14-20-17-34(28(38)40-20)23-16-30-26-25(32-23)33-24(35)18-39-26/h4-13,16,19-20,31H,14-15,17-18H2,1-3H3,(H,36,37)(H,32,33,35). The average Bonchev–Trinajstić information content (AvgIpc) is 3.33. The summed E-state index contributed by atoms with van der Waals surface area (Å²) < 4.78 is 18.1. The number of anilines is 2. The minimum atomic E-state index is -3.04. The molecule has 220 valence electrons. The Hall–Kier alpha value is -4.49. The Kier molecular flexibility index (Phi) is 8.14. The van der Waals surface area contributed by atoms with Crippen LogP contribution in [0.25, 0.3) is 0 Å². The first kappa shape index (κ1) is 29.0. The van der Waals surface area contributed by atoms with Gasteiger partial charge in [-0.1, -0.05) is 81.4 Å². The Morgan fingerprint density at radius 2 is 1.79 bits per heavy atom. The number of benzene rings is 2. The molecule has 3 heterocycles. The first-order valence-electron chi connectivity index (χ1n) is 13.6. The Morgan fingerprint density at radius 1 is 1.14 bits per heavy atom. The fraction of sp³-hybridized carbons (Fsp3) is 0.345. The number of carbonyl (C=O) groups excluding carboxylic acids is 2. The summed E-state index contributed by atoms with van der Waals surface area (Å²) in [7, 11) is -3.04. The predicted molar refractivity (Wildman–Crippen MR) is 157 cm³/mol. The van der Waals surface area contributed by atoms with Gasteiger partial charge in [-0.15, -0.1) is 0 Å². The molecule has 2 aromatic carbocycles. The minimum Gasteiger partial charge on any atom is -0.465 e. The topological polar surface area (TPSA) is 152 Å². The zero-order chi connectivity index (χ0) is 29.9. The number of cyclic esters (lactones) is 1. The van der Waals surface area contributed by atoms with E-state index in [1.807, 2.05) is 36.4 Å². The molecule has 0 saturated carbocycles. The van der Waals surface area contributed by atoms with Crippen LogP contribution in [0.2, 0.25) is 5.04 Å². The van der Waals surface area contributed by atoms with Crippen LogP contribution < -0.4 is 30.6 Å². The molecule has 1 aromatic heterocycles. The molecule has 0 spiro atoms. The van der Waals surface area contributed by atoms with Crippen LogP contribution in [0.1, 0.15) is 27.2 Å². The number of amides is 3. The van der Waals surface area contributed by atoms with E-state index >= 15 is 0 Å². The Bertz CT molecular complexity index is 1410. The maximum Gasteiger partial charge on any atom is 0.415 e. The Morgan fingerprint density at radius 3 is 2.38 bits per heavy atom. The molecule has 2 aliphatic rings. The summed E-state index contributed by atoms with van der Waals surface area (Å²) in [6, 6.07) is 20.0. The molecule has 12 nitrogen and oxygen atoms in total. The average molecular weight is 592 g/mol. The third-order valence-electron chi connectivity index (χ3n) is 7.24. The highest BCUT2D eigenvalue weighted by molar-refractivity contribution is 6.99. The van der Waals surface area contributed by atoms with Crippen molar-refractivity contribution >= 4 is 48.4 Å². The number of hydrogen-bond acceptors (Lipinski definition) is 8. The second-order valence-electron chi connectivity index (χ2n) is 11.2. The number of ether oxygens (including phenoxy) is 2. The van der Waals surface area contributed by atoms with Crippen molar-refractivity contribution in [2.24, 2.45) is 0 Å². The van der Waals surface area contributed by atoms with Crippen molar-refractivity contribution in [2.75, 3.05) is 29.9 Å². The lowest BCUT2D eigenvalue weighted by atomic mass is 10.1. The molecule has 5 rings (SSSR count). The molecule has 13 heteroatoms. The zero-order valence-corrected chi connectivity index (χ0v) is 24.6. The van der Waals surface area contributed by atoms with E-state index in [0.29, 0.717) is 0 Å². The van der Waals surface area contributed by atoms with Crippen LogP contribution in [0.3, 0.4) is 0 Å². The Labute approximate surface area is 244 Å². The molecule has 1 saturated heterocycles. The van der Waals surface area contributed by atoms with Crippen molar-refractivity contribution < 1.29 is 33.4 Å². The van der Waals surface area contributed by atoms with Gasteiger partial charge in [0.15, 0.2) is 18.2 Å². The normalized spacial score (nSPS) is 17.5. The van der Waals surface area contributed by atoms with Crippen LogP contribution in [0, 0.1) is 0 Å². The first-order chi connectivity index (χ1) is 20.1. The van der Waals surface area contributed by atoms with Gasteiger partial charge in [-0.2, -0.15) is 0 Å². The monoisotopic (exact) mass is 591 g/mol. The predicted octanol–water partition coefficient (Wildman–Crippen LogP) is 2.74. The van der Waals surface area contributed by atoms with Gasteiger partial charge < -0.3 is 29.6 Å². The van der Waals surface area contributed by atoms with Gasteiger partial charge in [-0.05, 0) is 15.4 Å². The van der Waals surface area contributed by atoms with E-state index in [0.717, 1.165) is 10.4 Å². The quantitative estimate of drug-likeness (QED) is 0.319. The zero-order valence-electron chi connectivity index (χ0n) is 23.6. The van der Waals surface area contributed by atoms with Crippen LogP contribution in [0.15, 0.2) is 66.9 Å². The minimum absolute atomic E-state index is 0.00407. The number of nitrogens with zero attached hydrogens (tertiary/aromatic N) is 3. The van der Waals surface area contributed by atoms with Crippen LogP contribution in [-0.4, -0.2) is 73.4 Å². The SMILES string of the molecule is CC(C)(C)[Si](OC(CNC(=O)O)CC1CN(c2cnc3c(n2)NC(=O)CO3)C(=O)O1)(c1ccccc1)c1ccccc1. The van der Waals surface area contributed by atoms with Gasteiger partial charge in [0.2, 0.25) is 0 Å². The Balaban J connectivity index is 1.44. The fourth-order valence-corrected chi connectivity index (χ4v) is 10.1. The highest BCUT2D eigenvalue weighted by Gasteiger charge is 2.52. The molecule has 0 aliphatic carbocycles. The second-order valence-corrected chi connectivity index (χ2v) is 15.4. The fourth-order valence-electron chi connectivity index (χ4n) is 5.43. The van der Waals surface area contributed by atoms with E-state index in [2.05, 4.69) is 65.6 Å². The largest absolute Gasteiger partial charge is 0.465 e. The number of aromatic nitrogens is 2. The summed E-state index contributed by atoms with van der Waals surface area (Å²) in [4.78, 5) is 46.0. The molecule has 0 radical (unpaired) electrons. The number of carboxylic acid groups (broad SMARTS) is 1. The molecule has 1 fully saturated rings. The van der Waals surface area contributed by atoms with E-state index in [4.69, 9.17) is 13.9 Å². The molecule has 3 N–H and O–H groups in total. The second kappa shape index (κ2) is 11.8. The molecule has 2 atom stereocenters. The maximum absolute atomic E-state index is 12.9. The summed E-state index contributed by atoms with van der Waals surface area (Å²) in [6.07, 6.45) is -1.46. The van der Waals surface area contributed by atoms with Gasteiger partial charge in [0.05, 0.1) is 18.8 Å². The number of carbonyl (C=O) groups is 3. The van der Waals surface area contributed by atoms with Crippen molar-refractivity contribution in [3.8, 4) is 5.88 Å². The number of rotatable bonds is 9. The lowest BCUT2D eigenvalue weighted by Crippen LogP contribution is -2.68. The molecule has 2 unspecified atom stereocenters. The van der Waals surface area contributed by atoms with Gasteiger partial charge in [0.1, 0.15) is 6.10 Å². The lowest BCUT2D eigenvalue weighted by molar-refractivity contribution is -0.118. The summed E-state index contributed by atoms with van der Waals surface area (Å²) in [6.45, 7) is 6.37. The summed E-state index contributed by atoms with van der Waals surface area (Å²) in [5, 5.41) is 16.3. The van der Waals surface area contributed by atoms with Crippen molar-refractivity contribution in [1.29, 1.82) is 0 Å². The molecule has 3 amide bonds. The highest BCUT2D eigenvalue weighted by atomic mass is 28.4. The summed E-state index contributed by atoms with van der Waals surface area (Å²) in [5.41, 5.74) is 0. The van der Waals surface area contributed by atoms with Crippen molar-refractivity contribution in [3.05, 3.63) is 66.9 Å². The van der Waals surface area contributed by atoms with Crippen LogP contribution in [0.4, 0.5) is 21.2 Å². The van der Waals surface area contributed by atoms with Gasteiger partial charge in [-0.25, -0.2) is 19.6 Å². The van der Waals surface area contributed by atoms with Gasteiger partial charge in [-0.3, -0.25) is 9.69 Å². The van der Waals surface area contributed by atoms with E-state index in [-0.39, 0.29) is 54.6 Å². The number of nitrogens with one attached hydrogen (secondary N) is 2. The van der Waals surface area contributed by atoms with Crippen molar-refractivity contribution in [1.82, 2.24) is 15.3 Å². The first-order valence-corrected chi connectivity index (χ1v) is 15.5. The molecular weight excluding hydrogens is 558 g/mol. The molecule has 3 aromatic rings. The van der Waals surface area contributed by atoms with Crippen LogP contribution in [0.5, 0.6) is 5.88 Å². The van der Waals surface area contributed by atoms with Crippen molar-refractivity contribution in [2.45, 2.75) is 44.4 Å². The van der Waals surface area contributed by atoms with Gasteiger partial charge in [0, 0.05) is 13.0 Å². The number of hydrogen-bond donors (Lipinski definition) is 3.